The van der Waals surface area contributed by atoms with Gasteiger partial charge in [-0.25, -0.2) is 0 Å². The smallest absolute Gasteiger partial charge is 0.282 e. The maximum Gasteiger partial charge on any atom is 0.282 e. The van der Waals surface area contributed by atoms with E-state index in [1.54, 1.807) is 13.8 Å². The summed E-state index contributed by atoms with van der Waals surface area (Å²) < 4.78 is 25.4. The van der Waals surface area contributed by atoms with Crippen LogP contribution in [0.5, 0.6) is 0 Å². The Balaban J connectivity index is 4.70. The van der Waals surface area contributed by atoms with Crippen molar-refractivity contribution in [2.75, 3.05) is 20.6 Å². The van der Waals surface area contributed by atoms with E-state index in [0.717, 1.165) is 4.31 Å². The Bertz CT molecular complexity index is 299. The van der Waals surface area contributed by atoms with Crippen molar-refractivity contribution in [1.82, 2.24) is 8.61 Å². The van der Waals surface area contributed by atoms with Gasteiger partial charge in [-0.15, -0.1) is 0 Å². The van der Waals surface area contributed by atoms with E-state index in [9.17, 15) is 13.2 Å². The second kappa shape index (κ2) is 4.72. The van der Waals surface area contributed by atoms with Crippen molar-refractivity contribution in [3.05, 3.63) is 0 Å². The molecular weight excluding hydrogens is 206 g/mol. The number of amides is 1. The highest BCUT2D eigenvalue weighted by atomic mass is 32.2. The maximum absolute atomic E-state index is 11.7. The summed E-state index contributed by atoms with van der Waals surface area (Å²) in [7, 11) is -0.793. The van der Waals surface area contributed by atoms with E-state index in [4.69, 9.17) is 5.73 Å². The van der Waals surface area contributed by atoms with Gasteiger partial charge in [0.1, 0.15) is 0 Å². The molecule has 6 nitrogen and oxygen atoms in total. The Hall–Kier alpha value is -0.660. The predicted molar refractivity (Wildman–Crippen MR) is 53.6 cm³/mol. The summed E-state index contributed by atoms with van der Waals surface area (Å²) in [6.07, 6.45) is 0. The number of rotatable bonds is 5. The first-order valence-corrected chi connectivity index (χ1v) is 5.57. The zero-order valence-corrected chi connectivity index (χ0v) is 9.71. The van der Waals surface area contributed by atoms with Crippen molar-refractivity contribution in [1.29, 1.82) is 0 Å². The SMILES string of the molecule is CC(C)N(C)S(=O)(=O)N(C)CC(N)=O. The first-order chi connectivity index (χ1) is 6.19. The molecule has 0 rings (SSSR count). The lowest BCUT2D eigenvalue weighted by atomic mass is 10.4. The summed E-state index contributed by atoms with van der Waals surface area (Å²) in [4.78, 5) is 10.5. The number of primary amides is 1. The minimum absolute atomic E-state index is 0.157. The van der Waals surface area contributed by atoms with Gasteiger partial charge in [0.25, 0.3) is 10.2 Å². The van der Waals surface area contributed by atoms with Crippen molar-refractivity contribution >= 4 is 16.1 Å². The molecule has 0 aromatic heterocycles. The zero-order valence-electron chi connectivity index (χ0n) is 8.89. The lowest BCUT2D eigenvalue weighted by molar-refractivity contribution is -0.118. The molecule has 14 heavy (non-hydrogen) atoms. The highest BCUT2D eigenvalue weighted by Gasteiger charge is 2.26. The van der Waals surface area contributed by atoms with Crippen LogP contribution in [0.25, 0.3) is 0 Å². The van der Waals surface area contributed by atoms with Gasteiger partial charge in [-0.05, 0) is 13.8 Å². The molecule has 0 saturated carbocycles. The predicted octanol–water partition coefficient (Wildman–Crippen LogP) is -1.01. The summed E-state index contributed by atoms with van der Waals surface area (Å²) in [6, 6.07) is -0.157. The van der Waals surface area contributed by atoms with Crippen LogP contribution in [0.1, 0.15) is 13.8 Å². The fourth-order valence-electron chi connectivity index (χ4n) is 0.787. The molecule has 0 aliphatic carbocycles. The Morgan fingerprint density at radius 3 is 2.07 bits per heavy atom. The monoisotopic (exact) mass is 223 g/mol. The highest BCUT2D eigenvalue weighted by Crippen LogP contribution is 2.06. The third-order valence-electron chi connectivity index (χ3n) is 1.86. The normalized spacial score (nSPS) is 12.8. The molecule has 0 saturated heterocycles. The van der Waals surface area contributed by atoms with Crippen LogP contribution in [-0.4, -0.2) is 49.6 Å². The molecule has 1 amide bonds. The van der Waals surface area contributed by atoms with Crippen LogP contribution in [0.2, 0.25) is 0 Å². The molecular formula is C7H17N3O3S. The first kappa shape index (κ1) is 13.3. The second-order valence-corrected chi connectivity index (χ2v) is 5.44. The van der Waals surface area contributed by atoms with E-state index >= 15 is 0 Å². The molecule has 7 heteroatoms. The van der Waals surface area contributed by atoms with Gasteiger partial charge in [0.05, 0.1) is 6.54 Å². The Kier molecular flexibility index (Phi) is 4.50. The van der Waals surface area contributed by atoms with Gasteiger partial charge in [0, 0.05) is 20.1 Å². The number of carbonyl (C=O) groups is 1. The van der Waals surface area contributed by atoms with Crippen LogP contribution in [-0.2, 0) is 15.0 Å². The maximum atomic E-state index is 11.7. The third-order valence-corrected chi connectivity index (χ3v) is 3.93. The first-order valence-electron chi connectivity index (χ1n) is 4.17. The van der Waals surface area contributed by atoms with E-state index in [1.807, 2.05) is 0 Å². The van der Waals surface area contributed by atoms with Crippen LogP contribution in [0.15, 0.2) is 0 Å². The van der Waals surface area contributed by atoms with Gasteiger partial charge in [0.2, 0.25) is 5.91 Å². The van der Waals surface area contributed by atoms with Crippen molar-refractivity contribution < 1.29 is 13.2 Å². The van der Waals surface area contributed by atoms with E-state index in [1.165, 1.54) is 18.4 Å². The average molecular weight is 223 g/mol. The van der Waals surface area contributed by atoms with Gasteiger partial charge in [-0.1, -0.05) is 0 Å². The number of nitrogens with zero attached hydrogens (tertiary/aromatic N) is 2. The third kappa shape index (κ3) is 3.24. The molecule has 84 valence electrons. The summed E-state index contributed by atoms with van der Waals surface area (Å²) in [5, 5.41) is 0. The fraction of sp³-hybridized carbons (Fsp3) is 0.857. The highest BCUT2D eigenvalue weighted by molar-refractivity contribution is 7.86. The van der Waals surface area contributed by atoms with Crippen LogP contribution in [0, 0.1) is 0 Å². The standard InChI is InChI=1S/C7H17N3O3S/c1-6(2)10(4)14(12,13)9(3)5-7(8)11/h6H,5H2,1-4H3,(H2,8,11). The summed E-state index contributed by atoms with van der Waals surface area (Å²) in [6.45, 7) is 3.19. The molecule has 0 atom stereocenters. The molecule has 0 aliphatic heterocycles. The van der Waals surface area contributed by atoms with E-state index in [0.29, 0.717) is 0 Å². The van der Waals surface area contributed by atoms with Crippen molar-refractivity contribution in [3.8, 4) is 0 Å². The van der Waals surface area contributed by atoms with E-state index < -0.39 is 16.1 Å². The van der Waals surface area contributed by atoms with Crippen molar-refractivity contribution in [2.24, 2.45) is 5.73 Å². The molecule has 2 N–H and O–H groups in total. The fourth-order valence-corrected chi connectivity index (χ4v) is 2.05. The molecule has 0 aromatic rings. The van der Waals surface area contributed by atoms with Crippen LogP contribution >= 0.6 is 0 Å². The largest absolute Gasteiger partial charge is 0.369 e. The molecule has 0 aliphatic rings. The molecule has 0 radical (unpaired) electrons. The van der Waals surface area contributed by atoms with E-state index in [-0.39, 0.29) is 12.6 Å². The van der Waals surface area contributed by atoms with Crippen LogP contribution in [0.4, 0.5) is 0 Å². The van der Waals surface area contributed by atoms with Gasteiger partial charge in [0.15, 0.2) is 0 Å². The lowest BCUT2D eigenvalue weighted by Crippen LogP contribution is -2.45. The zero-order chi connectivity index (χ0) is 11.5. The van der Waals surface area contributed by atoms with Crippen molar-refractivity contribution in [2.45, 2.75) is 19.9 Å². The van der Waals surface area contributed by atoms with Crippen LogP contribution < -0.4 is 5.73 Å². The topological polar surface area (TPSA) is 83.7 Å². The molecule has 0 heterocycles. The summed E-state index contributed by atoms with van der Waals surface area (Å²) in [5.74, 6) is -0.673. The molecule has 0 aromatic carbocycles. The van der Waals surface area contributed by atoms with Crippen LogP contribution in [0.3, 0.4) is 0 Å². The quantitative estimate of drug-likeness (QED) is 0.648. The Morgan fingerprint density at radius 1 is 1.36 bits per heavy atom. The number of nitrogens with two attached hydrogens (primary N) is 1. The molecule has 0 unspecified atom stereocenters. The number of hydrogen-bond acceptors (Lipinski definition) is 3. The summed E-state index contributed by atoms with van der Waals surface area (Å²) in [5.41, 5.74) is 4.90. The number of carbonyl (C=O) groups excluding carboxylic acids is 1. The minimum atomic E-state index is -3.57. The molecule has 0 fully saturated rings. The second-order valence-electron chi connectivity index (χ2n) is 3.34. The molecule has 0 spiro atoms. The number of likely N-dealkylation sites (N-methyl/N-ethyl adjacent to an activating group) is 1. The van der Waals surface area contributed by atoms with Gasteiger partial charge in [-0.3, -0.25) is 4.79 Å². The summed E-state index contributed by atoms with van der Waals surface area (Å²) >= 11 is 0. The van der Waals surface area contributed by atoms with Gasteiger partial charge < -0.3 is 5.73 Å². The van der Waals surface area contributed by atoms with E-state index in [2.05, 4.69) is 0 Å². The number of hydrogen-bond donors (Lipinski definition) is 1. The molecule has 0 bridgehead atoms. The van der Waals surface area contributed by atoms with Crippen molar-refractivity contribution in [3.63, 3.8) is 0 Å². The van der Waals surface area contributed by atoms with Gasteiger partial charge in [-0.2, -0.15) is 17.0 Å². The lowest BCUT2D eigenvalue weighted by Gasteiger charge is -2.26. The Labute approximate surface area is 84.8 Å². The minimum Gasteiger partial charge on any atom is -0.369 e. The Morgan fingerprint density at radius 2 is 1.79 bits per heavy atom. The van der Waals surface area contributed by atoms with Gasteiger partial charge >= 0.3 is 0 Å². The average Bonchev–Trinajstić information content (AvgIpc) is 2.01.